The quantitative estimate of drug-likeness (QED) is 0.287. The monoisotopic (exact) mass is 486 g/mol. The number of carbonyl (C=O) groups is 4. The first-order chi connectivity index (χ1) is 16.3. The van der Waals surface area contributed by atoms with E-state index < -0.39 is 70.3 Å². The molecule has 4 rings (SSSR count). The van der Waals surface area contributed by atoms with Gasteiger partial charge in [0, 0.05) is 17.5 Å². The molecule has 0 aromatic heterocycles. The van der Waals surface area contributed by atoms with Gasteiger partial charge < -0.3 is 31.1 Å². The van der Waals surface area contributed by atoms with E-state index in [1.807, 2.05) is 6.92 Å². The number of likely N-dealkylation sites (N-methyl/N-ethyl adjacent to an activating group) is 1. The lowest BCUT2D eigenvalue weighted by Crippen LogP contribution is -2.73. The molecule has 10 heteroatoms. The number of amides is 1. The van der Waals surface area contributed by atoms with Crippen LogP contribution in [0.25, 0.3) is 5.76 Å². The number of benzene rings is 1. The third-order valence-electron chi connectivity index (χ3n) is 7.94. The Labute approximate surface area is 202 Å². The third-order valence-corrected chi connectivity index (χ3v) is 7.94. The second-order valence-corrected chi connectivity index (χ2v) is 9.99. The van der Waals surface area contributed by atoms with Crippen LogP contribution < -0.4 is 5.73 Å². The summed E-state index contributed by atoms with van der Waals surface area (Å²) in [5.41, 5.74) is 3.66. The first-order valence-corrected chi connectivity index (χ1v) is 11.6. The van der Waals surface area contributed by atoms with Gasteiger partial charge in [-0.25, -0.2) is 0 Å². The predicted octanol–water partition coefficient (Wildman–Crippen LogP) is -0.106. The van der Waals surface area contributed by atoms with Crippen LogP contribution in [0.5, 0.6) is 5.75 Å². The molecule has 35 heavy (non-hydrogen) atoms. The number of nitrogens with zero attached hydrogens (tertiary/aromatic N) is 1. The first-order valence-electron chi connectivity index (χ1n) is 11.6. The number of aryl methyl sites for hydroxylation is 1. The van der Waals surface area contributed by atoms with Gasteiger partial charge in [0.2, 0.25) is 11.7 Å². The van der Waals surface area contributed by atoms with E-state index in [0.29, 0.717) is 12.0 Å². The van der Waals surface area contributed by atoms with Crippen molar-refractivity contribution in [3.05, 3.63) is 33.9 Å². The number of aliphatic hydroxyl groups is 3. The fourth-order valence-corrected chi connectivity index (χ4v) is 6.33. The molecule has 0 heterocycles. The highest BCUT2D eigenvalue weighted by molar-refractivity contribution is 6.25. The van der Waals surface area contributed by atoms with Gasteiger partial charge in [0.05, 0.1) is 17.2 Å². The molecule has 2 fully saturated rings. The van der Waals surface area contributed by atoms with Gasteiger partial charge in [0.25, 0.3) is 0 Å². The highest BCUT2D eigenvalue weighted by atomic mass is 16.3. The topological polar surface area (TPSA) is 178 Å². The van der Waals surface area contributed by atoms with Crippen LogP contribution in [-0.2, 0) is 27.2 Å². The second kappa shape index (κ2) is 8.25. The highest BCUT2D eigenvalue weighted by Crippen LogP contribution is 2.53. The summed E-state index contributed by atoms with van der Waals surface area (Å²) in [6.07, 6.45) is -0.768. The minimum absolute atomic E-state index is 0.00984. The Balaban J connectivity index is 1.97. The van der Waals surface area contributed by atoms with E-state index in [1.54, 1.807) is 25.1 Å². The number of phenolic OH excluding ortho intramolecular Hbond substituents is 1. The van der Waals surface area contributed by atoms with Gasteiger partial charge in [-0.05, 0) is 63.4 Å². The molecule has 3 aliphatic carbocycles. The lowest BCUT2D eigenvalue weighted by atomic mass is 9.54. The zero-order valence-corrected chi connectivity index (χ0v) is 20.0. The van der Waals surface area contributed by atoms with Crippen molar-refractivity contribution < 1.29 is 39.6 Å². The molecule has 2 saturated carbocycles. The van der Waals surface area contributed by atoms with Crippen molar-refractivity contribution in [2.45, 2.75) is 50.9 Å². The Hall–Kier alpha value is -3.08. The summed E-state index contributed by atoms with van der Waals surface area (Å²) < 4.78 is 0. The van der Waals surface area contributed by atoms with Crippen LogP contribution in [0, 0.1) is 17.8 Å². The minimum Gasteiger partial charge on any atom is -0.507 e. The summed E-state index contributed by atoms with van der Waals surface area (Å²) in [7, 11) is 3.20. The Kier molecular flexibility index (Phi) is 5.90. The number of Topliss-reactive ketones (excluding diaryl/α,β-unsaturated/α-hetero) is 3. The zero-order chi connectivity index (χ0) is 26.1. The van der Waals surface area contributed by atoms with Crippen molar-refractivity contribution >= 4 is 29.0 Å². The largest absolute Gasteiger partial charge is 0.507 e. The lowest BCUT2D eigenvalue weighted by Gasteiger charge is -2.53. The van der Waals surface area contributed by atoms with Gasteiger partial charge in [0.15, 0.2) is 17.2 Å². The highest BCUT2D eigenvalue weighted by Gasteiger charge is 2.67. The van der Waals surface area contributed by atoms with Gasteiger partial charge in [-0.15, -0.1) is 0 Å². The van der Waals surface area contributed by atoms with Gasteiger partial charge in [-0.1, -0.05) is 6.92 Å². The molecule has 6 N–H and O–H groups in total. The van der Waals surface area contributed by atoms with Crippen LogP contribution >= 0.6 is 0 Å². The maximum Gasteiger partial charge on any atom is 0.230 e. The van der Waals surface area contributed by atoms with Crippen molar-refractivity contribution in [3.8, 4) is 5.75 Å². The molecule has 0 bridgehead atoms. The van der Waals surface area contributed by atoms with Crippen LogP contribution in [0.3, 0.4) is 0 Å². The van der Waals surface area contributed by atoms with Crippen LogP contribution in [0.4, 0.5) is 0 Å². The molecular weight excluding hydrogens is 456 g/mol. The zero-order valence-electron chi connectivity index (χ0n) is 20.0. The molecule has 1 aromatic rings. The van der Waals surface area contributed by atoms with Crippen LogP contribution in [-0.4, -0.2) is 80.4 Å². The van der Waals surface area contributed by atoms with Crippen molar-refractivity contribution in [1.82, 2.24) is 4.90 Å². The number of nitrogens with two attached hydrogens (primary N) is 1. The van der Waals surface area contributed by atoms with E-state index in [9.17, 15) is 39.6 Å². The average molecular weight is 487 g/mol. The first kappa shape index (κ1) is 25.0. The summed E-state index contributed by atoms with van der Waals surface area (Å²) in [5.74, 6) is -8.45. The molecule has 2 unspecified atom stereocenters. The summed E-state index contributed by atoms with van der Waals surface area (Å²) in [6.45, 7) is 3.13. The number of aromatic hydroxyl groups is 1. The van der Waals surface area contributed by atoms with Gasteiger partial charge >= 0.3 is 0 Å². The van der Waals surface area contributed by atoms with E-state index in [0.717, 1.165) is 5.56 Å². The number of aliphatic hydroxyl groups excluding tert-OH is 2. The average Bonchev–Trinajstić information content (AvgIpc) is 2.75. The summed E-state index contributed by atoms with van der Waals surface area (Å²) >= 11 is 0. The number of hydrogen-bond acceptors (Lipinski definition) is 9. The standard InChI is InChI=1S/C25H30N2O8/c1-5-10-6-12(9(2)28)19(29)16-13(10)7-11-8-14-18(27(3)4)21(31)17(24(26)34)23(33)25(14,35)22(32)15(11)20(16)30/h6,11,14,17-18,21,29-31,35H,5,7-8H2,1-4H3,(H2,26,34)/t11-,14-,17?,18-,21?,25-/m0/s1. The van der Waals surface area contributed by atoms with Crippen molar-refractivity contribution in [2.75, 3.05) is 14.1 Å². The molecule has 3 aliphatic rings. The van der Waals surface area contributed by atoms with E-state index in [-0.39, 0.29) is 29.5 Å². The molecule has 1 aromatic carbocycles. The normalized spacial score (nSPS) is 32.3. The fraction of sp³-hybridized carbons (Fsp3) is 0.520. The van der Waals surface area contributed by atoms with Gasteiger partial charge in [0.1, 0.15) is 17.4 Å². The van der Waals surface area contributed by atoms with Crippen molar-refractivity contribution in [2.24, 2.45) is 23.5 Å². The fourth-order valence-electron chi connectivity index (χ4n) is 6.33. The predicted molar refractivity (Wildman–Crippen MR) is 123 cm³/mol. The molecule has 188 valence electrons. The summed E-state index contributed by atoms with van der Waals surface area (Å²) in [4.78, 5) is 52.8. The maximum absolute atomic E-state index is 13.8. The number of rotatable bonds is 4. The Morgan fingerprint density at radius 2 is 1.86 bits per heavy atom. The number of primary amides is 1. The number of carbonyl (C=O) groups excluding carboxylic acids is 4. The van der Waals surface area contributed by atoms with Crippen molar-refractivity contribution in [3.63, 3.8) is 0 Å². The molecule has 0 aliphatic heterocycles. The number of ketones is 3. The molecule has 6 atom stereocenters. The molecular formula is C25H30N2O8. The summed E-state index contributed by atoms with van der Waals surface area (Å²) in [6, 6.07) is 0.632. The number of hydrogen-bond donors (Lipinski definition) is 5. The maximum atomic E-state index is 13.8. The second-order valence-electron chi connectivity index (χ2n) is 9.99. The molecule has 1 amide bonds. The van der Waals surface area contributed by atoms with E-state index in [2.05, 4.69) is 0 Å². The number of phenols is 1. The van der Waals surface area contributed by atoms with Crippen LogP contribution in [0.15, 0.2) is 11.6 Å². The Morgan fingerprint density at radius 1 is 1.23 bits per heavy atom. The summed E-state index contributed by atoms with van der Waals surface area (Å²) in [5, 5.41) is 44.5. The SMILES string of the molecule is CCc1cc(C(C)=O)c(O)c2c1C[C@H]1C[C@H]3[C@H](N(C)C)C(O)C(C(N)=O)C(=O)[C@@]3(O)C(=O)C1=C2O. The van der Waals surface area contributed by atoms with E-state index in [4.69, 9.17) is 5.73 Å². The molecule has 10 nitrogen and oxygen atoms in total. The lowest BCUT2D eigenvalue weighted by molar-refractivity contribution is -0.184. The van der Waals surface area contributed by atoms with E-state index >= 15 is 0 Å². The smallest absolute Gasteiger partial charge is 0.230 e. The molecule has 0 saturated heterocycles. The Morgan fingerprint density at radius 3 is 2.37 bits per heavy atom. The number of fused-ring (bicyclic) bond motifs is 3. The van der Waals surface area contributed by atoms with Gasteiger partial charge in [-0.3, -0.25) is 19.2 Å². The van der Waals surface area contributed by atoms with Crippen LogP contribution in [0.2, 0.25) is 0 Å². The Bertz CT molecular complexity index is 1200. The molecule has 0 spiro atoms. The molecule has 0 radical (unpaired) electrons. The minimum atomic E-state index is -2.70. The van der Waals surface area contributed by atoms with E-state index in [1.165, 1.54) is 6.92 Å². The van der Waals surface area contributed by atoms with Crippen molar-refractivity contribution in [1.29, 1.82) is 0 Å². The third kappa shape index (κ3) is 3.27. The van der Waals surface area contributed by atoms with Gasteiger partial charge in [-0.2, -0.15) is 0 Å². The van der Waals surface area contributed by atoms with Crippen LogP contribution in [0.1, 0.15) is 47.3 Å².